The molecule has 3 heteroatoms. The van der Waals surface area contributed by atoms with Gasteiger partial charge >= 0.3 is 0 Å². The van der Waals surface area contributed by atoms with E-state index in [0.29, 0.717) is 6.04 Å². The van der Waals surface area contributed by atoms with Crippen LogP contribution < -0.4 is 5.32 Å². The van der Waals surface area contributed by atoms with Gasteiger partial charge in [-0.3, -0.25) is 4.90 Å². The van der Waals surface area contributed by atoms with Crippen LogP contribution >= 0.6 is 0 Å². The van der Waals surface area contributed by atoms with Crippen LogP contribution in [0.4, 0.5) is 0 Å². The van der Waals surface area contributed by atoms with Gasteiger partial charge in [0.2, 0.25) is 0 Å². The first kappa shape index (κ1) is 13.5. The van der Waals surface area contributed by atoms with E-state index in [1.54, 1.807) is 0 Å². The van der Waals surface area contributed by atoms with Crippen molar-refractivity contribution in [3.63, 3.8) is 0 Å². The minimum Gasteiger partial charge on any atom is -0.379 e. The molecule has 1 unspecified atom stereocenters. The Bertz CT molecular complexity index is 323. The standard InChI is InChI=1S/C15H24N2O/c1-14(15-6-3-2-4-7-15)16-8-5-9-17-10-12-18-13-11-17/h2-4,6-7,14,16H,5,8-13H2,1H3. The first-order chi connectivity index (χ1) is 8.86. The summed E-state index contributed by atoms with van der Waals surface area (Å²) in [6.07, 6.45) is 1.21. The maximum Gasteiger partial charge on any atom is 0.0594 e. The predicted octanol–water partition coefficient (Wildman–Crippen LogP) is 2.06. The molecule has 18 heavy (non-hydrogen) atoms. The van der Waals surface area contributed by atoms with Gasteiger partial charge < -0.3 is 10.1 Å². The Hall–Kier alpha value is -0.900. The lowest BCUT2D eigenvalue weighted by molar-refractivity contribution is 0.0374. The van der Waals surface area contributed by atoms with E-state index in [9.17, 15) is 0 Å². The van der Waals surface area contributed by atoms with Crippen LogP contribution in [0.2, 0.25) is 0 Å². The lowest BCUT2D eigenvalue weighted by Crippen LogP contribution is -2.37. The Kier molecular flexibility index (Phi) is 5.65. The van der Waals surface area contributed by atoms with E-state index in [-0.39, 0.29) is 0 Å². The molecule has 1 heterocycles. The van der Waals surface area contributed by atoms with Gasteiger partial charge in [0.05, 0.1) is 13.2 Å². The molecular weight excluding hydrogens is 224 g/mol. The van der Waals surface area contributed by atoms with Gasteiger partial charge in [0, 0.05) is 19.1 Å². The van der Waals surface area contributed by atoms with Gasteiger partial charge in [-0.25, -0.2) is 0 Å². The maximum atomic E-state index is 5.34. The topological polar surface area (TPSA) is 24.5 Å². The zero-order valence-corrected chi connectivity index (χ0v) is 11.3. The normalized spacial score (nSPS) is 18.7. The molecule has 0 spiro atoms. The number of nitrogens with zero attached hydrogens (tertiary/aromatic N) is 1. The molecule has 1 N–H and O–H groups in total. The number of benzene rings is 1. The molecule has 0 radical (unpaired) electrons. The lowest BCUT2D eigenvalue weighted by atomic mass is 10.1. The van der Waals surface area contributed by atoms with Gasteiger partial charge in [0.15, 0.2) is 0 Å². The SMILES string of the molecule is CC(NCCCN1CCOCC1)c1ccccc1. The van der Waals surface area contributed by atoms with E-state index in [4.69, 9.17) is 4.74 Å². The Morgan fingerprint density at radius 1 is 1.22 bits per heavy atom. The Labute approximate surface area is 110 Å². The molecule has 0 aromatic heterocycles. The largest absolute Gasteiger partial charge is 0.379 e. The summed E-state index contributed by atoms with van der Waals surface area (Å²) >= 11 is 0. The van der Waals surface area contributed by atoms with Gasteiger partial charge in [0.1, 0.15) is 0 Å². The molecule has 0 saturated carbocycles. The third-order valence-electron chi connectivity index (χ3n) is 3.50. The summed E-state index contributed by atoms with van der Waals surface area (Å²) < 4.78 is 5.34. The molecule has 100 valence electrons. The number of rotatable bonds is 6. The van der Waals surface area contributed by atoms with E-state index in [1.165, 1.54) is 18.5 Å². The molecule has 1 aliphatic heterocycles. The summed E-state index contributed by atoms with van der Waals surface area (Å²) in [4.78, 5) is 2.48. The maximum absolute atomic E-state index is 5.34. The second kappa shape index (κ2) is 7.52. The number of hydrogen-bond acceptors (Lipinski definition) is 3. The van der Waals surface area contributed by atoms with Crippen LogP contribution in [0.25, 0.3) is 0 Å². The van der Waals surface area contributed by atoms with Crippen LogP contribution in [-0.4, -0.2) is 44.3 Å². The molecular formula is C15H24N2O. The molecule has 1 aliphatic rings. The average molecular weight is 248 g/mol. The number of hydrogen-bond donors (Lipinski definition) is 1. The van der Waals surface area contributed by atoms with Crippen molar-refractivity contribution in [3.8, 4) is 0 Å². The fourth-order valence-electron chi connectivity index (χ4n) is 2.31. The van der Waals surface area contributed by atoms with Gasteiger partial charge in [-0.15, -0.1) is 0 Å². The molecule has 1 aromatic carbocycles. The minimum atomic E-state index is 0.441. The molecule has 0 amide bonds. The van der Waals surface area contributed by atoms with Crippen molar-refractivity contribution >= 4 is 0 Å². The van der Waals surface area contributed by atoms with Crippen molar-refractivity contribution in [1.29, 1.82) is 0 Å². The second-order valence-electron chi connectivity index (χ2n) is 4.89. The molecule has 0 bridgehead atoms. The first-order valence-electron chi connectivity index (χ1n) is 6.94. The van der Waals surface area contributed by atoms with Crippen molar-refractivity contribution in [2.45, 2.75) is 19.4 Å². The molecule has 1 atom stereocenters. The average Bonchev–Trinajstić information content (AvgIpc) is 2.45. The Balaban J connectivity index is 1.60. The van der Waals surface area contributed by atoms with Gasteiger partial charge in [0.25, 0.3) is 0 Å². The number of morpholine rings is 1. The van der Waals surface area contributed by atoms with E-state index in [0.717, 1.165) is 32.8 Å². The molecule has 1 fully saturated rings. The Morgan fingerprint density at radius 3 is 2.67 bits per heavy atom. The van der Waals surface area contributed by atoms with Crippen molar-refractivity contribution < 1.29 is 4.74 Å². The van der Waals surface area contributed by atoms with Crippen LogP contribution in [0.1, 0.15) is 24.9 Å². The van der Waals surface area contributed by atoms with E-state index < -0.39 is 0 Å². The number of ether oxygens (including phenoxy) is 1. The quantitative estimate of drug-likeness (QED) is 0.780. The minimum absolute atomic E-state index is 0.441. The summed E-state index contributed by atoms with van der Waals surface area (Å²) in [5.74, 6) is 0. The first-order valence-corrected chi connectivity index (χ1v) is 6.94. The fraction of sp³-hybridized carbons (Fsp3) is 0.600. The monoisotopic (exact) mass is 248 g/mol. The third kappa shape index (κ3) is 4.41. The van der Waals surface area contributed by atoms with Gasteiger partial charge in [-0.05, 0) is 32.0 Å². The molecule has 1 aromatic rings. The van der Waals surface area contributed by atoms with Crippen LogP contribution in [0.5, 0.6) is 0 Å². The number of nitrogens with one attached hydrogen (secondary N) is 1. The highest BCUT2D eigenvalue weighted by Gasteiger charge is 2.09. The van der Waals surface area contributed by atoms with Crippen LogP contribution in [0.3, 0.4) is 0 Å². The summed E-state index contributed by atoms with van der Waals surface area (Å²) in [5, 5.41) is 3.58. The van der Waals surface area contributed by atoms with Crippen LogP contribution in [0.15, 0.2) is 30.3 Å². The summed E-state index contributed by atoms with van der Waals surface area (Å²) in [6, 6.07) is 11.1. The lowest BCUT2D eigenvalue weighted by Gasteiger charge is -2.26. The highest BCUT2D eigenvalue weighted by Crippen LogP contribution is 2.10. The smallest absolute Gasteiger partial charge is 0.0594 e. The van der Waals surface area contributed by atoms with Gasteiger partial charge in [-0.1, -0.05) is 30.3 Å². The van der Waals surface area contributed by atoms with Crippen LogP contribution in [-0.2, 0) is 4.74 Å². The van der Waals surface area contributed by atoms with E-state index >= 15 is 0 Å². The highest BCUT2D eigenvalue weighted by atomic mass is 16.5. The summed E-state index contributed by atoms with van der Waals surface area (Å²) in [6.45, 7) is 8.46. The highest BCUT2D eigenvalue weighted by molar-refractivity contribution is 5.17. The van der Waals surface area contributed by atoms with Crippen molar-refractivity contribution in [3.05, 3.63) is 35.9 Å². The van der Waals surface area contributed by atoms with Crippen molar-refractivity contribution in [2.75, 3.05) is 39.4 Å². The van der Waals surface area contributed by atoms with Crippen molar-refractivity contribution in [2.24, 2.45) is 0 Å². The zero-order valence-electron chi connectivity index (χ0n) is 11.3. The fourth-order valence-corrected chi connectivity index (χ4v) is 2.31. The van der Waals surface area contributed by atoms with E-state index in [1.807, 2.05) is 0 Å². The summed E-state index contributed by atoms with van der Waals surface area (Å²) in [5.41, 5.74) is 1.36. The Morgan fingerprint density at radius 2 is 1.94 bits per heavy atom. The van der Waals surface area contributed by atoms with Crippen LogP contribution in [0, 0.1) is 0 Å². The van der Waals surface area contributed by atoms with Gasteiger partial charge in [-0.2, -0.15) is 0 Å². The molecule has 1 saturated heterocycles. The molecule has 3 nitrogen and oxygen atoms in total. The molecule has 0 aliphatic carbocycles. The zero-order chi connectivity index (χ0) is 12.6. The van der Waals surface area contributed by atoms with Crippen molar-refractivity contribution in [1.82, 2.24) is 10.2 Å². The van der Waals surface area contributed by atoms with E-state index in [2.05, 4.69) is 47.5 Å². The third-order valence-corrected chi connectivity index (χ3v) is 3.50. The second-order valence-corrected chi connectivity index (χ2v) is 4.89. The predicted molar refractivity (Wildman–Crippen MR) is 74.7 cm³/mol. The molecule has 2 rings (SSSR count). The summed E-state index contributed by atoms with van der Waals surface area (Å²) in [7, 11) is 0.